The van der Waals surface area contributed by atoms with Crippen LogP contribution >= 0.6 is 0 Å². The molecule has 3 rings (SSSR count). The zero-order chi connectivity index (χ0) is 16.2. The molecule has 0 saturated carbocycles. The topological polar surface area (TPSA) is 62.9 Å². The van der Waals surface area contributed by atoms with Crippen LogP contribution in [0.25, 0.3) is 11.1 Å². The molecule has 1 atom stereocenters. The summed E-state index contributed by atoms with van der Waals surface area (Å²) in [7, 11) is 3.25. The fourth-order valence-electron chi connectivity index (χ4n) is 2.77. The van der Waals surface area contributed by atoms with Crippen LogP contribution in [0, 0.1) is 0 Å². The standard InChI is InChI=1S/C18H21NO4/c1-20-15-7-3-5-13(17(15)21-2)14-6-4-8-16-18(14)23-12(9-10-19)11-22-16/h3-8,12H,9-11,19H2,1-2H3. The lowest BCUT2D eigenvalue weighted by Gasteiger charge is -2.28. The fraction of sp³-hybridized carbons (Fsp3) is 0.333. The molecular formula is C18H21NO4. The van der Waals surface area contributed by atoms with Crippen molar-refractivity contribution in [3.8, 4) is 34.1 Å². The monoisotopic (exact) mass is 315 g/mol. The van der Waals surface area contributed by atoms with Crippen molar-refractivity contribution < 1.29 is 18.9 Å². The Morgan fingerprint density at radius 1 is 1.09 bits per heavy atom. The normalized spacial score (nSPS) is 16.0. The van der Waals surface area contributed by atoms with Crippen molar-refractivity contribution in [1.82, 2.24) is 0 Å². The van der Waals surface area contributed by atoms with Gasteiger partial charge in [0, 0.05) is 11.1 Å². The van der Waals surface area contributed by atoms with Gasteiger partial charge >= 0.3 is 0 Å². The molecule has 0 fully saturated rings. The summed E-state index contributed by atoms with van der Waals surface area (Å²) in [5.74, 6) is 2.81. The summed E-state index contributed by atoms with van der Waals surface area (Å²) >= 11 is 0. The summed E-state index contributed by atoms with van der Waals surface area (Å²) in [5.41, 5.74) is 7.46. The van der Waals surface area contributed by atoms with Crippen LogP contribution in [-0.4, -0.2) is 33.5 Å². The first-order valence-corrected chi connectivity index (χ1v) is 7.62. The Bertz CT molecular complexity index is 687. The van der Waals surface area contributed by atoms with Gasteiger partial charge in [0.05, 0.1) is 14.2 Å². The van der Waals surface area contributed by atoms with Crippen molar-refractivity contribution >= 4 is 0 Å². The van der Waals surface area contributed by atoms with Crippen LogP contribution < -0.4 is 24.7 Å². The molecular weight excluding hydrogens is 294 g/mol. The van der Waals surface area contributed by atoms with Crippen LogP contribution in [0.1, 0.15) is 6.42 Å². The van der Waals surface area contributed by atoms with E-state index >= 15 is 0 Å². The van der Waals surface area contributed by atoms with E-state index < -0.39 is 0 Å². The van der Waals surface area contributed by atoms with Gasteiger partial charge in [0.15, 0.2) is 23.0 Å². The zero-order valence-corrected chi connectivity index (χ0v) is 13.4. The Kier molecular flexibility index (Phi) is 4.57. The molecule has 2 N–H and O–H groups in total. The van der Waals surface area contributed by atoms with Crippen LogP contribution in [0.3, 0.4) is 0 Å². The maximum Gasteiger partial charge on any atom is 0.169 e. The Labute approximate surface area is 135 Å². The van der Waals surface area contributed by atoms with Crippen molar-refractivity contribution in [2.75, 3.05) is 27.4 Å². The number of fused-ring (bicyclic) bond motifs is 1. The fourth-order valence-corrected chi connectivity index (χ4v) is 2.77. The molecule has 0 aromatic heterocycles. The Morgan fingerprint density at radius 3 is 2.61 bits per heavy atom. The first-order chi connectivity index (χ1) is 11.3. The summed E-state index contributed by atoms with van der Waals surface area (Å²) in [6, 6.07) is 11.6. The van der Waals surface area contributed by atoms with Gasteiger partial charge in [-0.25, -0.2) is 0 Å². The van der Waals surface area contributed by atoms with Gasteiger partial charge in [-0.3, -0.25) is 0 Å². The van der Waals surface area contributed by atoms with Gasteiger partial charge in [-0.15, -0.1) is 0 Å². The van der Waals surface area contributed by atoms with Gasteiger partial charge < -0.3 is 24.7 Å². The molecule has 122 valence electrons. The molecule has 2 aromatic carbocycles. The molecule has 23 heavy (non-hydrogen) atoms. The van der Waals surface area contributed by atoms with Gasteiger partial charge in [0.1, 0.15) is 12.7 Å². The Morgan fingerprint density at radius 2 is 1.87 bits per heavy atom. The van der Waals surface area contributed by atoms with E-state index in [2.05, 4.69) is 0 Å². The highest BCUT2D eigenvalue weighted by Crippen LogP contribution is 2.46. The van der Waals surface area contributed by atoms with Gasteiger partial charge in [-0.1, -0.05) is 24.3 Å². The van der Waals surface area contributed by atoms with E-state index in [1.54, 1.807) is 14.2 Å². The van der Waals surface area contributed by atoms with Crippen LogP contribution in [0.5, 0.6) is 23.0 Å². The van der Waals surface area contributed by atoms with E-state index in [1.165, 1.54) is 0 Å². The third-order valence-corrected chi connectivity index (χ3v) is 3.87. The molecule has 2 aromatic rings. The Balaban J connectivity index is 2.08. The average Bonchev–Trinajstić information content (AvgIpc) is 2.60. The van der Waals surface area contributed by atoms with Crippen LogP contribution in [-0.2, 0) is 0 Å². The molecule has 1 heterocycles. The molecule has 0 aliphatic carbocycles. The van der Waals surface area contributed by atoms with Gasteiger partial charge in [0.2, 0.25) is 0 Å². The second-order valence-corrected chi connectivity index (χ2v) is 5.30. The van der Waals surface area contributed by atoms with E-state index in [0.717, 1.165) is 29.0 Å². The number of hydrogen-bond donors (Lipinski definition) is 1. The number of para-hydroxylation sites is 2. The minimum atomic E-state index is -0.0368. The molecule has 0 radical (unpaired) electrons. The Hall–Kier alpha value is -2.40. The molecule has 1 unspecified atom stereocenters. The number of hydrogen-bond acceptors (Lipinski definition) is 5. The summed E-state index contributed by atoms with van der Waals surface area (Å²) in [6.07, 6.45) is 0.716. The van der Waals surface area contributed by atoms with Crippen molar-refractivity contribution in [2.45, 2.75) is 12.5 Å². The van der Waals surface area contributed by atoms with Crippen LogP contribution in [0.4, 0.5) is 0 Å². The molecule has 0 bridgehead atoms. The molecule has 0 saturated heterocycles. The lowest BCUT2D eigenvalue weighted by atomic mass is 10.0. The first kappa shape index (κ1) is 15.5. The van der Waals surface area contributed by atoms with Crippen LogP contribution in [0.15, 0.2) is 36.4 Å². The second kappa shape index (κ2) is 6.79. The van der Waals surface area contributed by atoms with Gasteiger partial charge in [0.25, 0.3) is 0 Å². The van der Waals surface area contributed by atoms with Crippen molar-refractivity contribution in [1.29, 1.82) is 0 Å². The number of nitrogens with two attached hydrogens (primary N) is 1. The summed E-state index contributed by atoms with van der Waals surface area (Å²) < 4.78 is 22.9. The van der Waals surface area contributed by atoms with E-state index in [9.17, 15) is 0 Å². The number of benzene rings is 2. The van der Waals surface area contributed by atoms with E-state index in [-0.39, 0.29) is 6.10 Å². The summed E-state index contributed by atoms with van der Waals surface area (Å²) in [6.45, 7) is 1.08. The minimum absolute atomic E-state index is 0.0368. The molecule has 0 amide bonds. The molecule has 5 heteroatoms. The lowest BCUT2D eigenvalue weighted by molar-refractivity contribution is 0.0873. The third-order valence-electron chi connectivity index (χ3n) is 3.87. The molecule has 1 aliphatic rings. The van der Waals surface area contributed by atoms with Gasteiger partial charge in [-0.2, -0.15) is 0 Å². The maximum atomic E-state index is 6.13. The van der Waals surface area contributed by atoms with Crippen molar-refractivity contribution in [2.24, 2.45) is 5.73 Å². The third kappa shape index (κ3) is 2.92. The smallest absolute Gasteiger partial charge is 0.169 e. The second-order valence-electron chi connectivity index (χ2n) is 5.30. The van der Waals surface area contributed by atoms with Crippen LogP contribution in [0.2, 0.25) is 0 Å². The van der Waals surface area contributed by atoms with Crippen molar-refractivity contribution in [3.63, 3.8) is 0 Å². The van der Waals surface area contributed by atoms with E-state index in [1.807, 2.05) is 36.4 Å². The largest absolute Gasteiger partial charge is 0.493 e. The highest BCUT2D eigenvalue weighted by atomic mass is 16.6. The summed E-state index contributed by atoms with van der Waals surface area (Å²) in [5, 5.41) is 0. The maximum absolute atomic E-state index is 6.13. The quantitative estimate of drug-likeness (QED) is 0.919. The average molecular weight is 315 g/mol. The zero-order valence-electron chi connectivity index (χ0n) is 13.4. The van der Waals surface area contributed by atoms with Crippen molar-refractivity contribution in [3.05, 3.63) is 36.4 Å². The lowest BCUT2D eigenvalue weighted by Crippen LogP contribution is -2.31. The molecule has 5 nitrogen and oxygen atoms in total. The SMILES string of the molecule is COc1cccc(-c2cccc3c2OC(CCN)CO3)c1OC. The summed E-state index contributed by atoms with van der Waals surface area (Å²) in [4.78, 5) is 0. The minimum Gasteiger partial charge on any atom is -0.493 e. The predicted octanol–water partition coefficient (Wildman–Crippen LogP) is 2.86. The molecule has 1 aliphatic heterocycles. The predicted molar refractivity (Wildman–Crippen MR) is 88.6 cm³/mol. The first-order valence-electron chi connectivity index (χ1n) is 7.62. The highest BCUT2D eigenvalue weighted by molar-refractivity contribution is 5.80. The molecule has 0 spiro atoms. The number of ether oxygens (including phenoxy) is 4. The highest BCUT2D eigenvalue weighted by Gasteiger charge is 2.25. The van der Waals surface area contributed by atoms with E-state index in [4.69, 9.17) is 24.7 Å². The number of rotatable bonds is 5. The van der Waals surface area contributed by atoms with Gasteiger partial charge in [-0.05, 0) is 25.1 Å². The number of methoxy groups -OCH3 is 2. The van der Waals surface area contributed by atoms with E-state index in [0.29, 0.717) is 24.7 Å².